The third-order valence-electron chi connectivity index (χ3n) is 5.02. The Morgan fingerprint density at radius 3 is 1.63 bits per heavy atom. The molecule has 0 aliphatic heterocycles. The molecule has 0 rings (SSSR count). The Hall–Kier alpha value is 0.0700. The molecule has 0 heterocycles. The van der Waals surface area contributed by atoms with Crippen molar-refractivity contribution >= 4 is 7.60 Å². The third-order valence-corrected chi connectivity index (χ3v) is 5.86. The summed E-state index contributed by atoms with van der Waals surface area (Å²) in [5.41, 5.74) is 0. The van der Waals surface area contributed by atoms with Gasteiger partial charge in [-0.1, -0.05) is 90.4 Å². The van der Waals surface area contributed by atoms with Gasteiger partial charge >= 0.3 is 7.60 Å². The number of methoxy groups -OCH3 is 1. The minimum atomic E-state index is -3.94. The summed E-state index contributed by atoms with van der Waals surface area (Å²) >= 11 is 0. The molecule has 0 unspecified atom stereocenters. The Balaban J connectivity index is 3.25. The topological polar surface area (TPSA) is 76.0 Å². The van der Waals surface area contributed by atoms with E-state index >= 15 is 0 Å². The summed E-state index contributed by atoms with van der Waals surface area (Å²) in [5, 5.41) is 0. The van der Waals surface area contributed by atoms with Gasteiger partial charge in [0.15, 0.2) is 0 Å². The highest BCUT2D eigenvalue weighted by molar-refractivity contribution is 7.51. The molecule has 2 N–H and O–H groups in total. The molecule has 0 fully saturated rings. The summed E-state index contributed by atoms with van der Waals surface area (Å²) in [6.07, 6.45) is 18.7. The number of ether oxygens (including phenoxy) is 2. The van der Waals surface area contributed by atoms with Gasteiger partial charge in [-0.3, -0.25) is 4.57 Å². The van der Waals surface area contributed by atoms with Crippen LogP contribution in [0.25, 0.3) is 0 Å². The van der Waals surface area contributed by atoms with Crippen LogP contribution in [-0.4, -0.2) is 42.4 Å². The van der Waals surface area contributed by atoms with Crippen molar-refractivity contribution in [2.75, 3.05) is 26.5 Å². The van der Waals surface area contributed by atoms with E-state index in [1.807, 2.05) is 0 Å². The van der Waals surface area contributed by atoms with Crippen LogP contribution in [0.2, 0.25) is 0 Å². The first-order chi connectivity index (χ1) is 13.0. The van der Waals surface area contributed by atoms with E-state index in [1.165, 1.54) is 83.5 Å². The highest BCUT2D eigenvalue weighted by atomic mass is 31.2. The van der Waals surface area contributed by atoms with Gasteiger partial charge in [-0.2, -0.15) is 0 Å². The fourth-order valence-corrected chi connectivity index (χ4v) is 3.82. The average Bonchev–Trinajstić information content (AvgIpc) is 2.63. The molecule has 0 spiro atoms. The minimum Gasteiger partial charge on any atom is -0.379 e. The Morgan fingerprint density at radius 1 is 0.778 bits per heavy atom. The van der Waals surface area contributed by atoms with Crippen molar-refractivity contribution in [3.05, 3.63) is 0 Å². The van der Waals surface area contributed by atoms with Crippen molar-refractivity contribution in [3.8, 4) is 0 Å². The highest BCUT2D eigenvalue weighted by Gasteiger charge is 2.17. The van der Waals surface area contributed by atoms with Crippen LogP contribution in [0.5, 0.6) is 0 Å². The molecule has 0 aliphatic rings. The molecule has 1 atom stereocenters. The summed E-state index contributed by atoms with van der Waals surface area (Å²) in [6.45, 7) is 3.38. The molecular weight excluding hydrogens is 363 g/mol. The van der Waals surface area contributed by atoms with Crippen LogP contribution >= 0.6 is 7.60 Å². The average molecular weight is 409 g/mol. The van der Waals surface area contributed by atoms with Crippen LogP contribution in [0.15, 0.2) is 0 Å². The number of unbranched alkanes of at least 4 members (excludes halogenated alkanes) is 13. The molecule has 6 heteroatoms. The molecule has 0 amide bonds. The molecule has 0 aromatic heterocycles. The van der Waals surface area contributed by atoms with Crippen molar-refractivity contribution in [2.24, 2.45) is 0 Å². The highest BCUT2D eigenvalue weighted by Crippen LogP contribution is 2.35. The maximum atomic E-state index is 10.9. The first-order valence-electron chi connectivity index (χ1n) is 11.1. The third kappa shape index (κ3) is 22.2. The van der Waals surface area contributed by atoms with E-state index in [0.717, 1.165) is 6.42 Å². The van der Waals surface area contributed by atoms with Gasteiger partial charge in [-0.05, 0) is 12.8 Å². The molecular formula is C21H45O5P. The lowest BCUT2D eigenvalue weighted by molar-refractivity contribution is 0.00575. The zero-order chi connectivity index (χ0) is 20.2. The largest absolute Gasteiger partial charge is 0.379 e. The van der Waals surface area contributed by atoms with Gasteiger partial charge in [0.2, 0.25) is 0 Å². The molecule has 0 saturated heterocycles. The molecule has 5 nitrogen and oxygen atoms in total. The molecule has 164 valence electrons. The Bertz CT molecular complexity index is 345. The molecule has 0 saturated carbocycles. The van der Waals surface area contributed by atoms with Crippen LogP contribution in [0, 0.1) is 0 Å². The lowest BCUT2D eigenvalue weighted by Gasteiger charge is -2.15. The number of rotatable bonds is 21. The van der Waals surface area contributed by atoms with E-state index in [-0.39, 0.29) is 12.3 Å². The lowest BCUT2D eigenvalue weighted by atomic mass is 10.0. The Labute approximate surface area is 167 Å². The Kier molecular flexibility index (Phi) is 19.4. The van der Waals surface area contributed by atoms with Crippen molar-refractivity contribution in [2.45, 2.75) is 109 Å². The van der Waals surface area contributed by atoms with E-state index < -0.39 is 7.60 Å². The summed E-state index contributed by atoms with van der Waals surface area (Å²) in [4.78, 5) is 17.8. The SMILES string of the molecule is CCCCCCCCCCCCCCCCOC[C@@H](CCP(=O)(O)O)OC. The minimum absolute atomic E-state index is 0.145. The van der Waals surface area contributed by atoms with Gasteiger partial charge in [-0.25, -0.2) is 0 Å². The monoisotopic (exact) mass is 408 g/mol. The molecule has 0 aromatic rings. The number of hydrogen-bond acceptors (Lipinski definition) is 3. The predicted molar refractivity (Wildman–Crippen MR) is 113 cm³/mol. The standard InChI is InChI=1S/C21H45O5P/c1-3-4-5-6-7-8-9-10-11-12-13-14-15-16-18-26-20-21(25-2)17-19-27(22,23)24/h21H,3-20H2,1-2H3,(H2,22,23,24)/t21-/m1/s1. The summed E-state index contributed by atoms with van der Waals surface area (Å²) in [6, 6.07) is 0. The van der Waals surface area contributed by atoms with Gasteiger partial charge in [-0.15, -0.1) is 0 Å². The van der Waals surface area contributed by atoms with Gasteiger partial charge < -0.3 is 19.3 Å². The second-order valence-corrected chi connectivity index (χ2v) is 9.48. The normalized spacial score (nSPS) is 13.2. The second kappa shape index (κ2) is 19.4. The van der Waals surface area contributed by atoms with Crippen molar-refractivity contribution < 1.29 is 23.8 Å². The fraction of sp³-hybridized carbons (Fsp3) is 1.00. The van der Waals surface area contributed by atoms with E-state index in [4.69, 9.17) is 19.3 Å². The summed E-state index contributed by atoms with van der Waals surface area (Å²) in [7, 11) is -2.39. The summed E-state index contributed by atoms with van der Waals surface area (Å²) in [5.74, 6) is 0. The Morgan fingerprint density at radius 2 is 1.22 bits per heavy atom. The molecule has 0 radical (unpaired) electrons. The van der Waals surface area contributed by atoms with E-state index in [9.17, 15) is 4.57 Å². The van der Waals surface area contributed by atoms with Gasteiger partial charge in [0.25, 0.3) is 0 Å². The van der Waals surface area contributed by atoms with Gasteiger partial charge in [0, 0.05) is 13.7 Å². The molecule has 27 heavy (non-hydrogen) atoms. The van der Waals surface area contributed by atoms with E-state index in [0.29, 0.717) is 19.6 Å². The summed E-state index contributed by atoms with van der Waals surface area (Å²) < 4.78 is 21.7. The zero-order valence-electron chi connectivity index (χ0n) is 17.9. The number of hydrogen-bond donors (Lipinski definition) is 2. The maximum absolute atomic E-state index is 10.9. The van der Waals surface area contributed by atoms with Crippen LogP contribution in [0.4, 0.5) is 0 Å². The second-order valence-electron chi connectivity index (χ2n) is 7.71. The van der Waals surface area contributed by atoms with Crippen LogP contribution < -0.4 is 0 Å². The molecule has 0 bridgehead atoms. The first kappa shape index (κ1) is 27.1. The van der Waals surface area contributed by atoms with Crippen molar-refractivity contribution in [1.29, 1.82) is 0 Å². The van der Waals surface area contributed by atoms with Crippen molar-refractivity contribution in [1.82, 2.24) is 0 Å². The maximum Gasteiger partial charge on any atom is 0.325 e. The first-order valence-corrected chi connectivity index (χ1v) is 12.9. The lowest BCUT2D eigenvalue weighted by Crippen LogP contribution is -2.20. The fourth-order valence-electron chi connectivity index (χ4n) is 3.19. The van der Waals surface area contributed by atoms with Crippen LogP contribution in [-0.2, 0) is 14.0 Å². The van der Waals surface area contributed by atoms with Gasteiger partial charge in [0.05, 0.1) is 18.9 Å². The quantitative estimate of drug-likeness (QED) is 0.178. The molecule has 0 aliphatic carbocycles. The van der Waals surface area contributed by atoms with Crippen LogP contribution in [0.3, 0.4) is 0 Å². The zero-order valence-corrected chi connectivity index (χ0v) is 18.8. The van der Waals surface area contributed by atoms with Crippen LogP contribution in [0.1, 0.15) is 103 Å². The van der Waals surface area contributed by atoms with E-state index in [2.05, 4.69) is 6.92 Å². The van der Waals surface area contributed by atoms with Crippen molar-refractivity contribution in [3.63, 3.8) is 0 Å². The molecule has 0 aromatic carbocycles. The van der Waals surface area contributed by atoms with Gasteiger partial charge in [0.1, 0.15) is 0 Å². The van der Waals surface area contributed by atoms with E-state index in [1.54, 1.807) is 7.11 Å². The predicted octanol–water partition coefficient (Wildman–Crippen LogP) is 6.07. The smallest absolute Gasteiger partial charge is 0.325 e.